The quantitative estimate of drug-likeness (QED) is 0.714. The average molecular weight is 215 g/mol. The summed E-state index contributed by atoms with van der Waals surface area (Å²) in [5, 5.41) is 8.54. The van der Waals surface area contributed by atoms with Gasteiger partial charge in [0.15, 0.2) is 0 Å². The zero-order valence-corrected chi connectivity index (χ0v) is 9.13. The van der Waals surface area contributed by atoms with Crippen LogP contribution in [0.25, 0.3) is 0 Å². The summed E-state index contributed by atoms with van der Waals surface area (Å²) in [5.74, 6) is 1.01. The molecule has 76 valence electrons. The van der Waals surface area contributed by atoms with Gasteiger partial charge in [-0.15, -0.1) is 24.8 Å². The van der Waals surface area contributed by atoms with Crippen LogP contribution in [0.2, 0.25) is 0 Å². The van der Waals surface area contributed by atoms with E-state index in [1.807, 2.05) is 0 Å². The van der Waals surface area contributed by atoms with Gasteiger partial charge in [0.25, 0.3) is 0 Å². The minimum atomic E-state index is 0. The van der Waals surface area contributed by atoms with Crippen molar-refractivity contribution in [1.29, 1.82) is 0 Å². The minimum Gasteiger partial charge on any atom is -0.396 e. The van der Waals surface area contributed by atoms with Crippen molar-refractivity contribution >= 4 is 24.8 Å². The Bertz CT molecular complexity index is 82.6. The first-order chi connectivity index (χ1) is 4.93. The lowest BCUT2D eigenvalue weighted by molar-refractivity contribution is 0.278. The number of rotatable bonds is 4. The molecule has 1 rings (SSSR count). The van der Waals surface area contributed by atoms with Gasteiger partial charge in [-0.05, 0) is 12.3 Å². The predicted octanol–water partition coefficient (Wildman–Crippen LogP) is 3.18. The summed E-state index contributed by atoms with van der Waals surface area (Å²) in [5.41, 5.74) is 0. The van der Waals surface area contributed by atoms with Gasteiger partial charge in [-0.3, -0.25) is 0 Å². The van der Waals surface area contributed by atoms with Gasteiger partial charge in [0.1, 0.15) is 0 Å². The van der Waals surface area contributed by atoms with Gasteiger partial charge in [-0.2, -0.15) is 0 Å². The van der Waals surface area contributed by atoms with Crippen molar-refractivity contribution in [3.8, 4) is 0 Å². The lowest BCUT2D eigenvalue weighted by atomic mass is 10.0. The average Bonchev–Trinajstić information content (AvgIpc) is 2.41. The Labute approximate surface area is 87.8 Å². The highest BCUT2D eigenvalue weighted by Gasteiger charge is 2.13. The molecule has 1 N–H and O–H groups in total. The molecule has 0 aliphatic heterocycles. The van der Waals surface area contributed by atoms with Gasteiger partial charge in [-0.25, -0.2) is 0 Å². The van der Waals surface area contributed by atoms with Crippen LogP contribution in [-0.4, -0.2) is 11.7 Å². The van der Waals surface area contributed by atoms with Crippen LogP contribution < -0.4 is 0 Å². The van der Waals surface area contributed by atoms with Gasteiger partial charge in [0.05, 0.1) is 0 Å². The maximum atomic E-state index is 8.54. The van der Waals surface area contributed by atoms with Crippen LogP contribution in [0.15, 0.2) is 0 Å². The van der Waals surface area contributed by atoms with E-state index >= 15 is 0 Å². The largest absolute Gasteiger partial charge is 0.396 e. The maximum Gasteiger partial charge on any atom is 0.0431 e. The molecule has 0 spiro atoms. The van der Waals surface area contributed by atoms with Crippen LogP contribution in [0, 0.1) is 5.92 Å². The van der Waals surface area contributed by atoms with Gasteiger partial charge in [-0.1, -0.05) is 38.5 Å². The molecule has 1 saturated carbocycles. The third-order valence-corrected chi connectivity index (χ3v) is 2.50. The molecule has 1 aliphatic carbocycles. The maximum absolute atomic E-state index is 8.54. The molecular formula is C9H20Cl2O. The highest BCUT2D eigenvalue weighted by atomic mass is 35.5. The van der Waals surface area contributed by atoms with Gasteiger partial charge in [0.2, 0.25) is 0 Å². The summed E-state index contributed by atoms with van der Waals surface area (Å²) in [6, 6.07) is 0. The zero-order chi connectivity index (χ0) is 7.23. The second-order valence-corrected chi connectivity index (χ2v) is 3.37. The van der Waals surface area contributed by atoms with E-state index in [4.69, 9.17) is 5.11 Å². The predicted molar refractivity (Wildman–Crippen MR) is 57.4 cm³/mol. The fourth-order valence-corrected chi connectivity index (χ4v) is 1.84. The molecule has 0 aromatic carbocycles. The normalized spacial score (nSPS) is 16.8. The van der Waals surface area contributed by atoms with E-state index in [0.717, 1.165) is 12.3 Å². The number of halogens is 2. The molecule has 0 radical (unpaired) electrons. The van der Waals surface area contributed by atoms with Crippen molar-refractivity contribution in [3.63, 3.8) is 0 Å². The molecule has 3 heteroatoms. The molecule has 1 nitrogen and oxygen atoms in total. The number of unbranched alkanes of at least 4 members (excludes halogenated alkanes) is 1. The minimum absolute atomic E-state index is 0. The summed E-state index contributed by atoms with van der Waals surface area (Å²) in [4.78, 5) is 0. The Morgan fingerprint density at radius 3 is 2.08 bits per heavy atom. The molecule has 0 heterocycles. The van der Waals surface area contributed by atoms with E-state index in [1.54, 1.807) is 0 Å². The Morgan fingerprint density at radius 1 is 1.00 bits per heavy atom. The first-order valence-electron chi connectivity index (χ1n) is 4.54. The fourth-order valence-electron chi connectivity index (χ4n) is 1.84. The first-order valence-corrected chi connectivity index (χ1v) is 4.54. The summed E-state index contributed by atoms with van der Waals surface area (Å²) in [7, 11) is 0. The van der Waals surface area contributed by atoms with Crippen LogP contribution >= 0.6 is 24.8 Å². The van der Waals surface area contributed by atoms with Crippen molar-refractivity contribution in [3.05, 3.63) is 0 Å². The lowest BCUT2D eigenvalue weighted by Gasteiger charge is -2.06. The first kappa shape index (κ1) is 15.0. The number of aliphatic hydroxyl groups excluding tert-OH is 1. The van der Waals surface area contributed by atoms with Crippen molar-refractivity contribution in [2.45, 2.75) is 44.9 Å². The van der Waals surface area contributed by atoms with Crippen molar-refractivity contribution in [1.82, 2.24) is 0 Å². The van der Waals surface area contributed by atoms with Crippen LogP contribution in [0.5, 0.6) is 0 Å². The monoisotopic (exact) mass is 214 g/mol. The lowest BCUT2D eigenvalue weighted by Crippen LogP contribution is -1.93. The number of aliphatic hydroxyl groups is 1. The second kappa shape index (κ2) is 9.63. The topological polar surface area (TPSA) is 20.2 Å². The van der Waals surface area contributed by atoms with Crippen LogP contribution in [0.4, 0.5) is 0 Å². The Balaban J connectivity index is 0. The molecule has 0 aromatic rings. The van der Waals surface area contributed by atoms with Crippen LogP contribution in [-0.2, 0) is 0 Å². The third-order valence-electron chi connectivity index (χ3n) is 2.50. The third kappa shape index (κ3) is 6.10. The van der Waals surface area contributed by atoms with Gasteiger partial charge in [0, 0.05) is 6.61 Å². The van der Waals surface area contributed by atoms with Crippen LogP contribution in [0.3, 0.4) is 0 Å². The van der Waals surface area contributed by atoms with E-state index in [-0.39, 0.29) is 24.8 Å². The summed E-state index contributed by atoms with van der Waals surface area (Å²) in [6.45, 7) is 0.382. The molecule has 0 aromatic heterocycles. The van der Waals surface area contributed by atoms with Crippen molar-refractivity contribution in [2.24, 2.45) is 5.92 Å². The summed E-state index contributed by atoms with van der Waals surface area (Å²) in [6.07, 6.45) is 9.41. The molecular weight excluding hydrogens is 195 g/mol. The number of hydrogen-bond acceptors (Lipinski definition) is 1. The number of hydrogen-bond donors (Lipinski definition) is 1. The van der Waals surface area contributed by atoms with E-state index in [9.17, 15) is 0 Å². The molecule has 1 fully saturated rings. The zero-order valence-electron chi connectivity index (χ0n) is 7.50. The fraction of sp³-hybridized carbons (Fsp3) is 1.00. The molecule has 0 saturated heterocycles. The molecule has 0 unspecified atom stereocenters. The Morgan fingerprint density at radius 2 is 1.58 bits per heavy atom. The molecule has 12 heavy (non-hydrogen) atoms. The van der Waals surface area contributed by atoms with Crippen LogP contribution in [0.1, 0.15) is 44.9 Å². The van der Waals surface area contributed by atoms with Gasteiger partial charge >= 0.3 is 0 Å². The highest BCUT2D eigenvalue weighted by molar-refractivity contribution is 5.85. The Hall–Kier alpha value is 0.540. The van der Waals surface area contributed by atoms with Crippen molar-refractivity contribution < 1.29 is 5.11 Å². The molecule has 0 atom stereocenters. The smallest absolute Gasteiger partial charge is 0.0431 e. The Kier molecular flexibility index (Phi) is 12.1. The summed E-state index contributed by atoms with van der Waals surface area (Å²) < 4.78 is 0. The van der Waals surface area contributed by atoms with Crippen molar-refractivity contribution in [2.75, 3.05) is 6.61 Å². The van der Waals surface area contributed by atoms with Gasteiger partial charge < -0.3 is 5.11 Å². The van der Waals surface area contributed by atoms with E-state index in [2.05, 4.69) is 0 Å². The molecule has 0 amide bonds. The molecule has 0 bridgehead atoms. The SMILES string of the molecule is Cl.Cl.OCCCCC1CCCC1. The standard InChI is InChI=1S/C9H18O.2ClH/c10-8-4-3-7-9-5-1-2-6-9;;/h9-10H,1-8H2;2*1H. The van der Waals surface area contributed by atoms with E-state index in [1.165, 1.54) is 38.5 Å². The van der Waals surface area contributed by atoms with E-state index in [0.29, 0.717) is 6.61 Å². The van der Waals surface area contributed by atoms with E-state index < -0.39 is 0 Å². The molecule has 1 aliphatic rings. The summed E-state index contributed by atoms with van der Waals surface area (Å²) >= 11 is 0. The highest BCUT2D eigenvalue weighted by Crippen LogP contribution is 2.28. The second-order valence-electron chi connectivity index (χ2n) is 3.37.